The quantitative estimate of drug-likeness (QED) is 0.808. The van der Waals surface area contributed by atoms with Crippen molar-refractivity contribution >= 4 is 29.1 Å². The maximum Gasteiger partial charge on any atom is 0.255 e. The molecule has 2 aromatic rings. The number of carbonyl (C=O) groups is 2. The number of unbranched alkanes of at least 4 members (excludes halogenated alkanes) is 1. The van der Waals surface area contributed by atoms with Crippen LogP contribution in [0.25, 0.3) is 0 Å². The van der Waals surface area contributed by atoms with Crippen LogP contribution in [-0.4, -0.2) is 30.3 Å². The second kappa shape index (κ2) is 8.67. The van der Waals surface area contributed by atoms with Crippen molar-refractivity contribution in [2.75, 3.05) is 18.9 Å². The van der Waals surface area contributed by atoms with Crippen molar-refractivity contribution in [3.05, 3.63) is 64.2 Å². The Morgan fingerprint density at radius 3 is 2.36 bits per heavy atom. The maximum atomic E-state index is 12.4. The molecule has 0 saturated heterocycles. The van der Waals surface area contributed by atoms with E-state index in [2.05, 4.69) is 12.2 Å². The van der Waals surface area contributed by atoms with Gasteiger partial charge in [-0.3, -0.25) is 9.59 Å². The number of rotatable bonds is 6. The molecule has 132 valence electrons. The predicted molar refractivity (Wildman–Crippen MR) is 102 cm³/mol. The zero-order valence-corrected chi connectivity index (χ0v) is 15.6. The molecule has 0 aliphatic rings. The molecule has 0 atom stereocenters. The first-order valence-corrected chi connectivity index (χ1v) is 8.73. The fraction of sp³-hybridized carbons (Fsp3) is 0.300. The average molecular weight is 359 g/mol. The predicted octanol–water partition coefficient (Wildman–Crippen LogP) is 4.77. The fourth-order valence-electron chi connectivity index (χ4n) is 2.42. The molecule has 2 rings (SSSR count). The zero-order chi connectivity index (χ0) is 18.4. The van der Waals surface area contributed by atoms with Crippen LogP contribution in [0.2, 0.25) is 5.02 Å². The second-order valence-electron chi connectivity index (χ2n) is 6.02. The third-order valence-corrected chi connectivity index (χ3v) is 4.51. The van der Waals surface area contributed by atoms with Gasteiger partial charge in [0.25, 0.3) is 11.8 Å². The number of nitrogens with one attached hydrogen (secondary N) is 1. The van der Waals surface area contributed by atoms with E-state index >= 15 is 0 Å². The third-order valence-electron chi connectivity index (χ3n) is 4.10. The van der Waals surface area contributed by atoms with Crippen LogP contribution in [0.3, 0.4) is 0 Å². The third kappa shape index (κ3) is 4.83. The maximum absolute atomic E-state index is 12.4. The van der Waals surface area contributed by atoms with Gasteiger partial charge in [-0.2, -0.15) is 0 Å². The minimum atomic E-state index is -0.233. The van der Waals surface area contributed by atoms with E-state index in [1.165, 1.54) is 0 Å². The lowest BCUT2D eigenvalue weighted by Gasteiger charge is -2.17. The van der Waals surface area contributed by atoms with Gasteiger partial charge in [-0.25, -0.2) is 0 Å². The van der Waals surface area contributed by atoms with Crippen molar-refractivity contribution in [1.82, 2.24) is 4.90 Å². The molecule has 25 heavy (non-hydrogen) atoms. The zero-order valence-electron chi connectivity index (χ0n) is 14.8. The molecule has 0 aromatic heterocycles. The minimum absolute atomic E-state index is 0.0360. The van der Waals surface area contributed by atoms with E-state index in [1.54, 1.807) is 54.4 Å². The van der Waals surface area contributed by atoms with Crippen LogP contribution in [0, 0.1) is 6.92 Å². The largest absolute Gasteiger partial charge is 0.342 e. The molecular formula is C20H23ClN2O2. The van der Waals surface area contributed by atoms with Crippen molar-refractivity contribution in [1.29, 1.82) is 0 Å². The van der Waals surface area contributed by atoms with E-state index in [0.29, 0.717) is 21.8 Å². The summed E-state index contributed by atoms with van der Waals surface area (Å²) in [4.78, 5) is 26.4. The van der Waals surface area contributed by atoms with Crippen LogP contribution in [0.4, 0.5) is 5.69 Å². The number of benzene rings is 2. The summed E-state index contributed by atoms with van der Waals surface area (Å²) in [6.45, 7) is 4.67. The highest BCUT2D eigenvalue weighted by Gasteiger charge is 2.13. The number of anilines is 1. The van der Waals surface area contributed by atoms with Gasteiger partial charge < -0.3 is 10.2 Å². The molecule has 2 aromatic carbocycles. The molecule has 0 unspecified atom stereocenters. The van der Waals surface area contributed by atoms with E-state index in [9.17, 15) is 9.59 Å². The standard InChI is InChI=1S/C20H23ClN2O2/c1-4-5-13-23(3)20(25)16-11-9-15(10-12-16)19(24)22-18-8-6-7-17(21)14(18)2/h6-12H,4-5,13H2,1-3H3,(H,22,24). The number of carbonyl (C=O) groups excluding carboxylic acids is 2. The number of hydrogen-bond acceptors (Lipinski definition) is 2. The highest BCUT2D eigenvalue weighted by Crippen LogP contribution is 2.23. The Bertz CT molecular complexity index is 757. The molecule has 0 heterocycles. The first kappa shape index (κ1) is 19.0. The molecule has 0 fully saturated rings. The summed E-state index contributed by atoms with van der Waals surface area (Å²) in [5, 5.41) is 3.45. The van der Waals surface area contributed by atoms with Crippen LogP contribution in [-0.2, 0) is 0 Å². The molecule has 0 saturated carbocycles. The van der Waals surface area contributed by atoms with E-state index in [-0.39, 0.29) is 11.8 Å². The van der Waals surface area contributed by atoms with Crippen LogP contribution in [0.1, 0.15) is 46.0 Å². The molecule has 1 N–H and O–H groups in total. The summed E-state index contributed by atoms with van der Waals surface area (Å²) < 4.78 is 0. The minimum Gasteiger partial charge on any atom is -0.342 e. The Balaban J connectivity index is 2.07. The summed E-state index contributed by atoms with van der Waals surface area (Å²) >= 11 is 6.07. The van der Waals surface area contributed by atoms with Gasteiger partial charge in [0.15, 0.2) is 0 Å². The summed E-state index contributed by atoms with van der Waals surface area (Å²) in [5.41, 5.74) is 2.57. The Kier molecular flexibility index (Phi) is 6.59. The molecule has 0 radical (unpaired) electrons. The smallest absolute Gasteiger partial charge is 0.255 e. The van der Waals surface area contributed by atoms with Crippen molar-refractivity contribution in [2.45, 2.75) is 26.7 Å². The SMILES string of the molecule is CCCCN(C)C(=O)c1ccc(C(=O)Nc2cccc(Cl)c2C)cc1. The Hall–Kier alpha value is -2.33. The summed E-state index contributed by atoms with van der Waals surface area (Å²) in [6.07, 6.45) is 2.02. The van der Waals surface area contributed by atoms with Gasteiger partial charge in [0.1, 0.15) is 0 Å². The van der Waals surface area contributed by atoms with Gasteiger partial charge >= 0.3 is 0 Å². The number of halogens is 1. The van der Waals surface area contributed by atoms with Crippen molar-refractivity contribution in [3.8, 4) is 0 Å². The molecule has 5 heteroatoms. The van der Waals surface area contributed by atoms with Crippen LogP contribution >= 0.6 is 11.6 Å². The lowest BCUT2D eigenvalue weighted by atomic mass is 10.1. The highest BCUT2D eigenvalue weighted by molar-refractivity contribution is 6.31. The summed E-state index contributed by atoms with van der Waals surface area (Å²) in [7, 11) is 1.79. The van der Waals surface area contributed by atoms with Gasteiger partial charge in [-0.05, 0) is 55.3 Å². The number of amides is 2. The molecule has 0 bridgehead atoms. The topological polar surface area (TPSA) is 49.4 Å². The Morgan fingerprint density at radius 1 is 1.08 bits per heavy atom. The van der Waals surface area contributed by atoms with E-state index in [0.717, 1.165) is 24.9 Å². The van der Waals surface area contributed by atoms with Crippen LogP contribution in [0.5, 0.6) is 0 Å². The highest BCUT2D eigenvalue weighted by atomic mass is 35.5. The van der Waals surface area contributed by atoms with E-state index in [4.69, 9.17) is 11.6 Å². The van der Waals surface area contributed by atoms with Gasteiger partial charge in [0.05, 0.1) is 0 Å². The molecule has 0 spiro atoms. The summed E-state index contributed by atoms with van der Waals surface area (Å²) in [6, 6.07) is 12.1. The normalized spacial score (nSPS) is 10.4. The molecule has 2 amide bonds. The van der Waals surface area contributed by atoms with Crippen molar-refractivity contribution < 1.29 is 9.59 Å². The monoisotopic (exact) mass is 358 g/mol. The van der Waals surface area contributed by atoms with Gasteiger partial charge in [-0.1, -0.05) is 31.0 Å². The number of hydrogen-bond donors (Lipinski definition) is 1. The van der Waals surface area contributed by atoms with Gasteiger partial charge in [-0.15, -0.1) is 0 Å². The second-order valence-corrected chi connectivity index (χ2v) is 6.43. The molecule has 4 nitrogen and oxygen atoms in total. The van der Waals surface area contributed by atoms with Gasteiger partial charge in [0.2, 0.25) is 0 Å². The lowest BCUT2D eigenvalue weighted by molar-refractivity contribution is 0.0792. The van der Waals surface area contributed by atoms with Gasteiger partial charge in [0, 0.05) is 35.4 Å². The Morgan fingerprint density at radius 2 is 1.72 bits per heavy atom. The van der Waals surface area contributed by atoms with Crippen molar-refractivity contribution in [2.24, 2.45) is 0 Å². The van der Waals surface area contributed by atoms with E-state index < -0.39 is 0 Å². The summed E-state index contributed by atoms with van der Waals surface area (Å²) in [5.74, 6) is -0.269. The number of nitrogens with zero attached hydrogens (tertiary/aromatic N) is 1. The van der Waals surface area contributed by atoms with Crippen LogP contribution in [0.15, 0.2) is 42.5 Å². The van der Waals surface area contributed by atoms with E-state index in [1.807, 2.05) is 6.92 Å². The van der Waals surface area contributed by atoms with Crippen LogP contribution < -0.4 is 5.32 Å². The Labute approximate surface area is 153 Å². The first-order valence-electron chi connectivity index (χ1n) is 8.36. The fourth-order valence-corrected chi connectivity index (χ4v) is 2.59. The molecule has 0 aliphatic carbocycles. The molecular weight excluding hydrogens is 336 g/mol. The van der Waals surface area contributed by atoms with Crippen molar-refractivity contribution in [3.63, 3.8) is 0 Å². The lowest BCUT2D eigenvalue weighted by Crippen LogP contribution is -2.27. The first-order chi connectivity index (χ1) is 11.9. The molecule has 0 aliphatic heterocycles. The average Bonchev–Trinajstić information content (AvgIpc) is 2.63.